The lowest BCUT2D eigenvalue weighted by Gasteiger charge is -2.24. The van der Waals surface area contributed by atoms with Crippen molar-refractivity contribution in [2.24, 2.45) is 0 Å². The molecule has 1 aromatic carbocycles. The monoisotopic (exact) mass is 308 g/mol. The van der Waals surface area contributed by atoms with Gasteiger partial charge in [0.1, 0.15) is 5.69 Å². The van der Waals surface area contributed by atoms with E-state index >= 15 is 0 Å². The van der Waals surface area contributed by atoms with Gasteiger partial charge in [0.15, 0.2) is 0 Å². The summed E-state index contributed by atoms with van der Waals surface area (Å²) in [6.45, 7) is 7.97. The zero-order valence-electron chi connectivity index (χ0n) is 13.8. The molecule has 4 nitrogen and oxygen atoms in total. The maximum absolute atomic E-state index is 12.1. The van der Waals surface area contributed by atoms with E-state index in [1.807, 2.05) is 44.2 Å². The molecule has 1 N–H and O–H groups in total. The van der Waals surface area contributed by atoms with Crippen LogP contribution in [0.25, 0.3) is 5.69 Å². The fourth-order valence-electron chi connectivity index (χ4n) is 4.31. The van der Waals surface area contributed by atoms with E-state index in [4.69, 9.17) is 0 Å². The third-order valence-electron chi connectivity index (χ3n) is 4.90. The summed E-state index contributed by atoms with van der Waals surface area (Å²) >= 11 is 0. The number of carboxylic acid groups (broad SMARTS) is 1. The number of nitrogens with zero attached hydrogens (tertiary/aromatic N) is 2. The molecule has 1 heterocycles. The van der Waals surface area contributed by atoms with Crippen molar-refractivity contribution in [2.75, 3.05) is 0 Å². The number of fused-ring (bicyclic) bond motifs is 1. The van der Waals surface area contributed by atoms with Crippen molar-refractivity contribution in [2.45, 2.75) is 44.9 Å². The molecule has 1 atom stereocenters. The summed E-state index contributed by atoms with van der Waals surface area (Å²) in [5.41, 5.74) is 2.62. The number of hydrogen-bond acceptors (Lipinski definition) is 2. The Bertz CT molecular complexity index is 840. The fourth-order valence-corrected chi connectivity index (χ4v) is 4.31. The summed E-state index contributed by atoms with van der Waals surface area (Å²) in [4.78, 5) is 12.1. The molecule has 0 spiro atoms. The molecular weight excluding hydrogens is 288 g/mol. The van der Waals surface area contributed by atoms with E-state index in [9.17, 15) is 15.2 Å². The third-order valence-corrected chi connectivity index (χ3v) is 4.90. The second kappa shape index (κ2) is 4.73. The molecule has 0 saturated heterocycles. The number of rotatable bonds is 2. The van der Waals surface area contributed by atoms with E-state index in [-0.39, 0.29) is 11.1 Å². The lowest BCUT2D eigenvalue weighted by atomic mass is 9.80. The van der Waals surface area contributed by atoms with E-state index in [1.165, 1.54) is 0 Å². The zero-order chi connectivity index (χ0) is 17.0. The highest BCUT2D eigenvalue weighted by atomic mass is 16.4. The van der Waals surface area contributed by atoms with Gasteiger partial charge in [0.05, 0.1) is 11.5 Å². The number of para-hydroxylation sites is 1. The van der Waals surface area contributed by atoms with Crippen molar-refractivity contribution < 1.29 is 9.90 Å². The second-order valence-electron chi connectivity index (χ2n) is 7.16. The predicted molar refractivity (Wildman–Crippen MR) is 88.1 cm³/mol. The minimum atomic E-state index is -0.989. The van der Waals surface area contributed by atoms with Crippen molar-refractivity contribution in [1.82, 2.24) is 4.57 Å². The molecule has 1 aliphatic carbocycles. The van der Waals surface area contributed by atoms with Gasteiger partial charge in [-0.25, -0.2) is 4.79 Å². The molecule has 4 heteroatoms. The van der Waals surface area contributed by atoms with Gasteiger partial charge in [-0.15, -0.1) is 0 Å². The SMILES string of the molecule is Cc1c2c(c(C(=O)O)n1-c1ccccc1)C(C)(C#N)CC2(C)C. The number of benzene rings is 1. The quantitative estimate of drug-likeness (QED) is 0.913. The third kappa shape index (κ3) is 2.00. The molecular formula is C19H20N2O2. The molecule has 2 aromatic rings. The first-order chi connectivity index (χ1) is 10.7. The molecule has 0 aliphatic heterocycles. The maximum atomic E-state index is 12.1. The van der Waals surface area contributed by atoms with Gasteiger partial charge in [-0.2, -0.15) is 5.26 Å². The Morgan fingerprint density at radius 1 is 1.22 bits per heavy atom. The summed E-state index contributed by atoms with van der Waals surface area (Å²) < 4.78 is 1.78. The Morgan fingerprint density at radius 2 is 1.83 bits per heavy atom. The number of hydrogen-bond donors (Lipinski definition) is 1. The Hall–Kier alpha value is -2.54. The molecule has 0 saturated carbocycles. The first-order valence-electron chi connectivity index (χ1n) is 7.69. The number of nitriles is 1. The van der Waals surface area contributed by atoms with Crippen LogP contribution < -0.4 is 0 Å². The smallest absolute Gasteiger partial charge is 0.353 e. The average Bonchev–Trinajstić information content (AvgIpc) is 2.92. The van der Waals surface area contributed by atoms with Crippen molar-refractivity contribution in [3.05, 3.63) is 52.8 Å². The highest BCUT2D eigenvalue weighted by Crippen LogP contribution is 2.53. The highest BCUT2D eigenvalue weighted by molar-refractivity contribution is 5.91. The average molecular weight is 308 g/mol. The van der Waals surface area contributed by atoms with Crippen LogP contribution >= 0.6 is 0 Å². The normalized spacial score (nSPS) is 21.7. The minimum Gasteiger partial charge on any atom is -0.477 e. The van der Waals surface area contributed by atoms with Crippen molar-refractivity contribution >= 4 is 5.97 Å². The van der Waals surface area contributed by atoms with Crippen molar-refractivity contribution in [1.29, 1.82) is 5.26 Å². The molecule has 1 aliphatic rings. The molecule has 1 unspecified atom stereocenters. The van der Waals surface area contributed by atoms with Crippen LogP contribution in [0.3, 0.4) is 0 Å². The lowest BCUT2D eigenvalue weighted by molar-refractivity contribution is 0.0685. The van der Waals surface area contributed by atoms with Gasteiger partial charge in [0, 0.05) is 16.9 Å². The van der Waals surface area contributed by atoms with Crippen LogP contribution in [0.5, 0.6) is 0 Å². The van der Waals surface area contributed by atoms with E-state index in [0.717, 1.165) is 16.9 Å². The van der Waals surface area contributed by atoms with Crippen molar-refractivity contribution in [3.63, 3.8) is 0 Å². The molecule has 0 amide bonds. The van der Waals surface area contributed by atoms with Crippen LogP contribution in [0.1, 0.15) is 54.5 Å². The van der Waals surface area contributed by atoms with E-state index in [1.54, 1.807) is 4.57 Å². The first-order valence-corrected chi connectivity index (χ1v) is 7.69. The molecule has 3 rings (SSSR count). The highest BCUT2D eigenvalue weighted by Gasteiger charge is 2.51. The van der Waals surface area contributed by atoms with Crippen LogP contribution in [0.15, 0.2) is 30.3 Å². The Morgan fingerprint density at radius 3 is 2.35 bits per heavy atom. The van der Waals surface area contributed by atoms with Gasteiger partial charge in [0.2, 0.25) is 0 Å². The van der Waals surface area contributed by atoms with Gasteiger partial charge < -0.3 is 9.67 Å². The minimum absolute atomic E-state index is 0.221. The van der Waals surface area contributed by atoms with Crippen LogP contribution in [-0.2, 0) is 10.8 Å². The van der Waals surface area contributed by atoms with Crippen LogP contribution in [-0.4, -0.2) is 15.6 Å². The van der Waals surface area contributed by atoms with Crippen LogP contribution in [0.4, 0.5) is 0 Å². The Labute approximate surface area is 136 Å². The van der Waals surface area contributed by atoms with Gasteiger partial charge in [-0.1, -0.05) is 32.0 Å². The standard InChI is InChI=1S/C19H20N2O2/c1-12-14-15(19(4,11-20)10-18(14,2)3)16(17(22)23)21(12)13-8-6-5-7-9-13/h5-9H,10H2,1-4H3,(H,22,23). The number of carboxylic acids is 1. The maximum Gasteiger partial charge on any atom is 0.353 e. The van der Waals surface area contributed by atoms with Crippen LogP contribution in [0, 0.1) is 18.3 Å². The van der Waals surface area contributed by atoms with Crippen LogP contribution in [0.2, 0.25) is 0 Å². The molecule has 1 aromatic heterocycles. The molecule has 0 bridgehead atoms. The summed E-state index contributed by atoms with van der Waals surface area (Å²) in [6, 6.07) is 11.8. The predicted octanol–water partition coefficient (Wildman–Crippen LogP) is 3.95. The Kier molecular flexibility index (Phi) is 3.16. The van der Waals surface area contributed by atoms with Crippen molar-refractivity contribution in [3.8, 4) is 11.8 Å². The number of aromatic nitrogens is 1. The second-order valence-corrected chi connectivity index (χ2v) is 7.16. The molecule has 118 valence electrons. The van der Waals surface area contributed by atoms with E-state index < -0.39 is 11.4 Å². The summed E-state index contributed by atoms with van der Waals surface area (Å²) in [6.07, 6.45) is 0.637. The number of aromatic carboxylic acids is 1. The summed E-state index contributed by atoms with van der Waals surface area (Å²) in [5, 5.41) is 19.6. The summed E-state index contributed by atoms with van der Waals surface area (Å²) in [7, 11) is 0. The molecule has 0 fully saturated rings. The number of carbonyl (C=O) groups is 1. The van der Waals surface area contributed by atoms with Gasteiger partial charge in [0.25, 0.3) is 0 Å². The Balaban J connectivity index is 2.46. The van der Waals surface area contributed by atoms with Gasteiger partial charge in [-0.05, 0) is 43.4 Å². The largest absolute Gasteiger partial charge is 0.477 e. The molecule has 23 heavy (non-hydrogen) atoms. The zero-order valence-corrected chi connectivity index (χ0v) is 13.8. The van der Waals surface area contributed by atoms with E-state index in [0.29, 0.717) is 12.0 Å². The van der Waals surface area contributed by atoms with Gasteiger partial charge >= 0.3 is 5.97 Å². The lowest BCUT2D eigenvalue weighted by Crippen LogP contribution is -2.24. The van der Waals surface area contributed by atoms with E-state index in [2.05, 4.69) is 19.9 Å². The fraction of sp³-hybridized carbons (Fsp3) is 0.368. The van der Waals surface area contributed by atoms with Gasteiger partial charge in [-0.3, -0.25) is 0 Å². The topological polar surface area (TPSA) is 66.0 Å². The first kappa shape index (κ1) is 15.4. The molecule has 0 radical (unpaired) electrons. The summed E-state index contributed by atoms with van der Waals surface area (Å²) in [5.74, 6) is -0.989.